The van der Waals surface area contributed by atoms with E-state index in [-0.39, 0.29) is 0 Å². The molecule has 0 heterocycles. The molecule has 0 bridgehead atoms. The third kappa shape index (κ3) is 2.35. The van der Waals surface area contributed by atoms with Gasteiger partial charge in [0.1, 0.15) is 0 Å². The first-order chi connectivity index (χ1) is 6.46. The lowest BCUT2D eigenvalue weighted by Gasteiger charge is -2.10. The molecule has 1 aromatic rings. The number of anilines is 1. The molecule has 0 aliphatic rings. The summed E-state index contributed by atoms with van der Waals surface area (Å²) in [5.41, 5.74) is 2.43. The molecule has 0 radical (unpaired) electrons. The highest BCUT2D eigenvalue weighted by Crippen LogP contribution is 2.20. The second-order valence-electron chi connectivity index (χ2n) is 3.08. The molecule has 0 fully saturated rings. The summed E-state index contributed by atoms with van der Waals surface area (Å²) >= 11 is 0. The van der Waals surface area contributed by atoms with Gasteiger partial charge in [-0.2, -0.15) is 0 Å². The molecule has 0 saturated heterocycles. The van der Waals surface area contributed by atoms with Crippen molar-refractivity contribution < 1.29 is 8.42 Å². The van der Waals surface area contributed by atoms with Gasteiger partial charge in [-0.3, -0.25) is 4.72 Å². The van der Waals surface area contributed by atoms with Crippen molar-refractivity contribution in [1.29, 1.82) is 0 Å². The molecule has 0 amide bonds. The van der Waals surface area contributed by atoms with Crippen LogP contribution < -0.4 is 4.72 Å². The Balaban J connectivity index is 3.15. The molecule has 1 N–H and O–H groups in total. The Bertz CT molecular complexity index is 429. The van der Waals surface area contributed by atoms with Crippen LogP contribution in [0.4, 0.5) is 5.69 Å². The van der Waals surface area contributed by atoms with Gasteiger partial charge in [-0.1, -0.05) is 24.8 Å². The van der Waals surface area contributed by atoms with Crippen LogP contribution in [0.3, 0.4) is 0 Å². The van der Waals surface area contributed by atoms with Gasteiger partial charge in [-0.05, 0) is 25.0 Å². The summed E-state index contributed by atoms with van der Waals surface area (Å²) in [7, 11) is -3.40. The van der Waals surface area contributed by atoms with Crippen LogP contribution in [0.1, 0.15) is 11.1 Å². The minimum absolute atomic E-state index is 0.632. The molecule has 14 heavy (non-hydrogen) atoms. The van der Waals surface area contributed by atoms with Crippen molar-refractivity contribution in [3.63, 3.8) is 0 Å². The maximum Gasteiger partial charge on any atom is 0.254 e. The number of benzene rings is 1. The predicted molar refractivity (Wildman–Crippen MR) is 58.7 cm³/mol. The molecule has 0 aromatic heterocycles. The zero-order valence-corrected chi connectivity index (χ0v) is 9.06. The number of rotatable bonds is 3. The highest BCUT2D eigenvalue weighted by Gasteiger charge is 2.08. The first-order valence-electron chi connectivity index (χ1n) is 4.18. The number of hydrogen-bond donors (Lipinski definition) is 1. The SMILES string of the molecule is C=CS(=O)(=O)Nc1c(C)cccc1C. The standard InChI is InChI=1S/C10H13NO2S/c1-4-14(12,13)11-10-8(2)6-5-7-9(10)3/h4-7,11H,1H2,2-3H3. The minimum atomic E-state index is -3.40. The number of sulfonamides is 1. The fraction of sp³-hybridized carbons (Fsp3) is 0.200. The number of hydrogen-bond acceptors (Lipinski definition) is 2. The van der Waals surface area contributed by atoms with Crippen LogP contribution >= 0.6 is 0 Å². The van der Waals surface area contributed by atoms with E-state index in [1.54, 1.807) is 0 Å². The van der Waals surface area contributed by atoms with Gasteiger partial charge in [-0.25, -0.2) is 8.42 Å². The second kappa shape index (κ2) is 3.84. The van der Waals surface area contributed by atoms with E-state index in [4.69, 9.17) is 0 Å². The van der Waals surface area contributed by atoms with Crippen LogP contribution in [0.15, 0.2) is 30.2 Å². The number of nitrogens with one attached hydrogen (secondary N) is 1. The zero-order chi connectivity index (χ0) is 10.8. The minimum Gasteiger partial charge on any atom is -0.280 e. The van der Waals surface area contributed by atoms with E-state index >= 15 is 0 Å². The van der Waals surface area contributed by atoms with Gasteiger partial charge in [0, 0.05) is 5.41 Å². The lowest BCUT2D eigenvalue weighted by atomic mass is 10.1. The maximum absolute atomic E-state index is 11.2. The summed E-state index contributed by atoms with van der Waals surface area (Å²) in [6.45, 7) is 6.95. The first-order valence-corrected chi connectivity index (χ1v) is 5.72. The quantitative estimate of drug-likeness (QED) is 0.833. The zero-order valence-electron chi connectivity index (χ0n) is 8.24. The van der Waals surface area contributed by atoms with E-state index in [0.29, 0.717) is 5.69 Å². The Morgan fingerprint density at radius 2 is 1.79 bits per heavy atom. The Morgan fingerprint density at radius 1 is 1.29 bits per heavy atom. The summed E-state index contributed by atoms with van der Waals surface area (Å²) in [5, 5.41) is 0.902. The van der Waals surface area contributed by atoms with E-state index in [1.807, 2.05) is 32.0 Å². The van der Waals surface area contributed by atoms with E-state index < -0.39 is 10.0 Å². The van der Waals surface area contributed by atoms with Crippen LogP contribution in [-0.2, 0) is 10.0 Å². The van der Waals surface area contributed by atoms with Crippen molar-refractivity contribution in [2.24, 2.45) is 0 Å². The van der Waals surface area contributed by atoms with E-state index in [0.717, 1.165) is 16.5 Å². The fourth-order valence-electron chi connectivity index (χ4n) is 1.16. The summed E-state index contributed by atoms with van der Waals surface area (Å²) in [4.78, 5) is 0. The van der Waals surface area contributed by atoms with Gasteiger partial charge in [0.25, 0.3) is 10.0 Å². The summed E-state index contributed by atoms with van der Waals surface area (Å²) in [6, 6.07) is 5.60. The van der Waals surface area contributed by atoms with Gasteiger partial charge < -0.3 is 0 Å². The average molecular weight is 211 g/mol. The lowest BCUT2D eigenvalue weighted by Crippen LogP contribution is -2.10. The molecule has 1 rings (SSSR count). The molecule has 0 saturated carbocycles. The predicted octanol–water partition coefficient (Wildman–Crippen LogP) is 2.19. The third-order valence-corrected chi connectivity index (χ3v) is 2.87. The van der Waals surface area contributed by atoms with Gasteiger partial charge in [0.2, 0.25) is 0 Å². The van der Waals surface area contributed by atoms with Crippen molar-refractivity contribution in [1.82, 2.24) is 0 Å². The molecular weight excluding hydrogens is 198 g/mol. The van der Waals surface area contributed by atoms with Crippen molar-refractivity contribution in [3.8, 4) is 0 Å². The molecule has 3 nitrogen and oxygen atoms in total. The van der Waals surface area contributed by atoms with Gasteiger partial charge in [0.15, 0.2) is 0 Å². The fourth-order valence-corrected chi connectivity index (χ4v) is 1.85. The molecule has 1 aromatic carbocycles. The molecule has 76 valence electrons. The topological polar surface area (TPSA) is 46.2 Å². The van der Waals surface area contributed by atoms with E-state index in [9.17, 15) is 8.42 Å². The van der Waals surface area contributed by atoms with Gasteiger partial charge in [-0.15, -0.1) is 0 Å². The molecule has 0 spiro atoms. The van der Waals surface area contributed by atoms with Crippen LogP contribution in [0.25, 0.3) is 0 Å². The maximum atomic E-state index is 11.2. The molecule has 0 aliphatic carbocycles. The number of aryl methyl sites for hydroxylation is 2. The molecule has 0 atom stereocenters. The van der Waals surface area contributed by atoms with Gasteiger partial charge in [0.05, 0.1) is 5.69 Å². The van der Waals surface area contributed by atoms with Crippen LogP contribution in [0.5, 0.6) is 0 Å². The lowest BCUT2D eigenvalue weighted by molar-refractivity contribution is 0.609. The molecule has 0 unspecified atom stereocenters. The Hall–Kier alpha value is -1.29. The van der Waals surface area contributed by atoms with Crippen molar-refractivity contribution >= 4 is 15.7 Å². The molecular formula is C10H13NO2S. The normalized spacial score (nSPS) is 11.0. The summed E-state index contributed by atoms with van der Waals surface area (Å²) < 4.78 is 24.9. The monoisotopic (exact) mass is 211 g/mol. The Morgan fingerprint density at radius 3 is 2.21 bits per heavy atom. The van der Waals surface area contributed by atoms with Crippen LogP contribution in [0.2, 0.25) is 0 Å². The second-order valence-corrected chi connectivity index (χ2v) is 4.71. The smallest absolute Gasteiger partial charge is 0.254 e. The summed E-state index contributed by atoms with van der Waals surface area (Å²) in [6.07, 6.45) is 0. The first kappa shape index (κ1) is 10.8. The highest BCUT2D eigenvalue weighted by molar-refractivity contribution is 7.95. The van der Waals surface area contributed by atoms with Crippen LogP contribution in [-0.4, -0.2) is 8.42 Å². The van der Waals surface area contributed by atoms with Crippen molar-refractivity contribution in [2.45, 2.75) is 13.8 Å². The highest BCUT2D eigenvalue weighted by atomic mass is 32.2. The van der Waals surface area contributed by atoms with Gasteiger partial charge >= 0.3 is 0 Å². The molecule has 4 heteroatoms. The largest absolute Gasteiger partial charge is 0.280 e. The molecule has 0 aliphatic heterocycles. The number of para-hydroxylation sites is 1. The van der Waals surface area contributed by atoms with E-state index in [1.165, 1.54) is 0 Å². The van der Waals surface area contributed by atoms with Crippen molar-refractivity contribution in [2.75, 3.05) is 4.72 Å². The average Bonchev–Trinajstić information content (AvgIpc) is 2.12. The van der Waals surface area contributed by atoms with Crippen molar-refractivity contribution in [3.05, 3.63) is 41.3 Å². The van der Waals surface area contributed by atoms with E-state index in [2.05, 4.69) is 11.3 Å². The van der Waals surface area contributed by atoms with Crippen LogP contribution in [0, 0.1) is 13.8 Å². The summed E-state index contributed by atoms with van der Waals surface area (Å²) in [5.74, 6) is 0. The Labute approximate surface area is 84.5 Å². The Kier molecular flexibility index (Phi) is 2.96. The third-order valence-electron chi connectivity index (χ3n) is 1.94.